The molecule has 1 fully saturated rings. The van der Waals surface area contributed by atoms with Gasteiger partial charge in [0.05, 0.1) is 7.11 Å². The van der Waals surface area contributed by atoms with Crippen LogP contribution in [-0.2, 0) is 0 Å². The zero-order chi connectivity index (χ0) is 11.7. The first-order valence-electron chi connectivity index (χ1n) is 6.07. The summed E-state index contributed by atoms with van der Waals surface area (Å²) in [6.45, 7) is 2.44. The second kappa shape index (κ2) is 4.45. The third-order valence-corrected chi connectivity index (χ3v) is 3.51. The van der Waals surface area contributed by atoms with Crippen molar-refractivity contribution in [2.24, 2.45) is 0 Å². The van der Waals surface area contributed by atoms with Crippen LogP contribution in [0.1, 0.15) is 24.3 Å². The Bertz CT molecular complexity index is 413. The number of benzene rings is 1. The van der Waals surface area contributed by atoms with Gasteiger partial charge >= 0.3 is 0 Å². The summed E-state index contributed by atoms with van der Waals surface area (Å²) in [6.07, 6.45) is 2.30. The highest BCUT2D eigenvalue weighted by molar-refractivity contribution is 5.57. The van der Waals surface area contributed by atoms with Crippen LogP contribution in [0.3, 0.4) is 0 Å². The number of methoxy groups -OCH3 is 1. The second-order valence-electron chi connectivity index (χ2n) is 4.45. The van der Waals surface area contributed by atoms with Crippen molar-refractivity contribution in [2.45, 2.75) is 18.8 Å². The fourth-order valence-corrected chi connectivity index (χ4v) is 2.63. The molecule has 0 atom stereocenters. The van der Waals surface area contributed by atoms with Crippen molar-refractivity contribution in [3.8, 4) is 17.2 Å². The molecular formula is C13H17NO3. The molecule has 0 aliphatic carbocycles. The maximum Gasteiger partial charge on any atom is 0.231 e. The van der Waals surface area contributed by atoms with Gasteiger partial charge in [-0.05, 0) is 37.9 Å². The summed E-state index contributed by atoms with van der Waals surface area (Å²) in [5.41, 5.74) is 1.25. The Morgan fingerprint density at radius 3 is 2.82 bits per heavy atom. The number of piperidine rings is 1. The van der Waals surface area contributed by atoms with E-state index in [1.54, 1.807) is 7.11 Å². The fourth-order valence-electron chi connectivity index (χ4n) is 2.63. The fraction of sp³-hybridized carbons (Fsp3) is 0.538. The minimum absolute atomic E-state index is 0.293. The van der Waals surface area contributed by atoms with Crippen molar-refractivity contribution in [3.05, 3.63) is 17.7 Å². The van der Waals surface area contributed by atoms with Gasteiger partial charge in [0.1, 0.15) is 0 Å². The zero-order valence-electron chi connectivity index (χ0n) is 9.99. The smallest absolute Gasteiger partial charge is 0.231 e. The standard InChI is InChI=1S/C13H17NO3/c1-15-12-10(9-4-6-14-7-5-9)2-3-11-13(12)17-8-16-11/h2-3,9,14H,4-8H2,1H3. The lowest BCUT2D eigenvalue weighted by molar-refractivity contribution is 0.171. The predicted molar refractivity (Wildman–Crippen MR) is 64.0 cm³/mol. The summed E-state index contributed by atoms with van der Waals surface area (Å²) >= 11 is 0. The third kappa shape index (κ3) is 1.82. The molecule has 0 aromatic heterocycles. The topological polar surface area (TPSA) is 39.7 Å². The highest BCUT2D eigenvalue weighted by Gasteiger charge is 2.26. The summed E-state index contributed by atoms with van der Waals surface area (Å²) in [5, 5.41) is 3.38. The molecule has 1 aromatic carbocycles. The normalized spacial score (nSPS) is 19.4. The maximum atomic E-state index is 5.52. The lowest BCUT2D eigenvalue weighted by Crippen LogP contribution is -2.26. The van der Waals surface area contributed by atoms with Gasteiger partial charge in [0, 0.05) is 5.56 Å². The minimum atomic E-state index is 0.293. The SMILES string of the molecule is COc1c(C2CCNCC2)ccc2c1OCO2. The molecule has 2 aliphatic heterocycles. The van der Waals surface area contributed by atoms with Crippen LogP contribution < -0.4 is 19.5 Å². The van der Waals surface area contributed by atoms with Gasteiger partial charge in [0.2, 0.25) is 12.5 Å². The summed E-state index contributed by atoms with van der Waals surface area (Å²) in [5.74, 6) is 2.97. The van der Waals surface area contributed by atoms with Gasteiger partial charge in [0.25, 0.3) is 0 Å². The Labute approximate surface area is 101 Å². The Balaban J connectivity index is 1.98. The van der Waals surface area contributed by atoms with Crippen LogP contribution in [0, 0.1) is 0 Å². The molecule has 1 aromatic rings. The van der Waals surface area contributed by atoms with Crippen molar-refractivity contribution in [1.82, 2.24) is 5.32 Å². The van der Waals surface area contributed by atoms with E-state index < -0.39 is 0 Å². The van der Waals surface area contributed by atoms with Gasteiger partial charge in [0.15, 0.2) is 11.5 Å². The minimum Gasteiger partial charge on any atom is -0.492 e. The quantitative estimate of drug-likeness (QED) is 0.849. The predicted octanol–water partition coefficient (Wildman–Crippen LogP) is 1.89. The second-order valence-corrected chi connectivity index (χ2v) is 4.45. The molecule has 92 valence electrons. The zero-order valence-corrected chi connectivity index (χ0v) is 9.99. The first-order chi connectivity index (χ1) is 8.40. The Hall–Kier alpha value is -1.42. The van der Waals surface area contributed by atoms with Gasteiger partial charge in [-0.25, -0.2) is 0 Å². The maximum absolute atomic E-state index is 5.52. The monoisotopic (exact) mass is 235 g/mol. The number of ether oxygens (including phenoxy) is 3. The summed E-state index contributed by atoms with van der Waals surface area (Å²) in [4.78, 5) is 0. The van der Waals surface area contributed by atoms with Crippen molar-refractivity contribution in [2.75, 3.05) is 27.0 Å². The van der Waals surface area contributed by atoms with E-state index in [0.717, 1.165) is 43.2 Å². The van der Waals surface area contributed by atoms with Crippen LogP contribution in [0.4, 0.5) is 0 Å². The average Bonchev–Trinajstić information content (AvgIpc) is 2.86. The van der Waals surface area contributed by atoms with E-state index in [2.05, 4.69) is 11.4 Å². The number of fused-ring (bicyclic) bond motifs is 1. The van der Waals surface area contributed by atoms with Crippen LogP contribution in [0.5, 0.6) is 17.2 Å². The van der Waals surface area contributed by atoms with E-state index in [1.807, 2.05) is 6.07 Å². The largest absolute Gasteiger partial charge is 0.492 e. The van der Waals surface area contributed by atoms with Crippen LogP contribution in [0.2, 0.25) is 0 Å². The summed E-state index contributed by atoms with van der Waals surface area (Å²) in [6, 6.07) is 4.10. The first kappa shape index (κ1) is 10.7. The van der Waals surface area contributed by atoms with Crippen molar-refractivity contribution in [3.63, 3.8) is 0 Å². The Morgan fingerprint density at radius 2 is 2.06 bits per heavy atom. The molecule has 1 saturated heterocycles. The molecule has 1 N–H and O–H groups in total. The van der Waals surface area contributed by atoms with E-state index in [1.165, 1.54) is 5.56 Å². The molecule has 4 heteroatoms. The molecule has 0 unspecified atom stereocenters. The van der Waals surface area contributed by atoms with Crippen molar-refractivity contribution < 1.29 is 14.2 Å². The molecule has 0 saturated carbocycles. The third-order valence-electron chi connectivity index (χ3n) is 3.51. The van der Waals surface area contributed by atoms with Gasteiger partial charge < -0.3 is 19.5 Å². The van der Waals surface area contributed by atoms with Crippen LogP contribution >= 0.6 is 0 Å². The molecular weight excluding hydrogens is 218 g/mol. The van der Waals surface area contributed by atoms with Crippen LogP contribution in [0.25, 0.3) is 0 Å². The van der Waals surface area contributed by atoms with Gasteiger partial charge in [-0.1, -0.05) is 6.07 Å². The first-order valence-corrected chi connectivity index (χ1v) is 6.07. The Morgan fingerprint density at radius 1 is 1.24 bits per heavy atom. The van der Waals surface area contributed by atoms with Gasteiger partial charge in [-0.15, -0.1) is 0 Å². The Kier molecular flexibility index (Phi) is 2.81. The van der Waals surface area contributed by atoms with E-state index in [0.29, 0.717) is 12.7 Å². The van der Waals surface area contributed by atoms with E-state index in [9.17, 15) is 0 Å². The number of nitrogens with one attached hydrogen (secondary N) is 1. The van der Waals surface area contributed by atoms with Gasteiger partial charge in [-0.2, -0.15) is 0 Å². The number of rotatable bonds is 2. The molecule has 0 bridgehead atoms. The molecule has 0 spiro atoms. The molecule has 0 amide bonds. The van der Waals surface area contributed by atoms with Crippen LogP contribution in [-0.4, -0.2) is 27.0 Å². The van der Waals surface area contributed by atoms with E-state index in [4.69, 9.17) is 14.2 Å². The highest BCUT2D eigenvalue weighted by atomic mass is 16.7. The average molecular weight is 235 g/mol. The summed E-state index contributed by atoms with van der Waals surface area (Å²) in [7, 11) is 1.70. The van der Waals surface area contributed by atoms with E-state index in [-0.39, 0.29) is 0 Å². The lowest BCUT2D eigenvalue weighted by Gasteiger charge is -2.24. The number of hydrogen-bond acceptors (Lipinski definition) is 4. The number of hydrogen-bond donors (Lipinski definition) is 1. The molecule has 4 nitrogen and oxygen atoms in total. The summed E-state index contributed by atoms with van der Waals surface area (Å²) < 4.78 is 16.4. The van der Waals surface area contributed by atoms with Crippen molar-refractivity contribution >= 4 is 0 Å². The van der Waals surface area contributed by atoms with Gasteiger partial charge in [-0.3, -0.25) is 0 Å². The molecule has 0 radical (unpaired) electrons. The molecule has 2 aliphatic rings. The molecule has 17 heavy (non-hydrogen) atoms. The molecule has 3 rings (SSSR count). The molecule has 2 heterocycles. The highest BCUT2D eigenvalue weighted by Crippen LogP contribution is 2.46. The lowest BCUT2D eigenvalue weighted by atomic mass is 9.89. The van der Waals surface area contributed by atoms with Crippen molar-refractivity contribution in [1.29, 1.82) is 0 Å². The van der Waals surface area contributed by atoms with Crippen LogP contribution in [0.15, 0.2) is 12.1 Å². The van der Waals surface area contributed by atoms with E-state index >= 15 is 0 Å².